The van der Waals surface area contributed by atoms with Gasteiger partial charge in [0.15, 0.2) is 0 Å². The van der Waals surface area contributed by atoms with Crippen molar-refractivity contribution in [1.29, 1.82) is 0 Å². The summed E-state index contributed by atoms with van der Waals surface area (Å²) in [5, 5.41) is 9.08. The number of carboxylic acid groups (broad SMARTS) is 1. The maximum Gasteiger partial charge on any atom is 0.335 e. The molecule has 1 fully saturated rings. The molecule has 1 aliphatic rings. The van der Waals surface area contributed by atoms with E-state index < -0.39 is 16.0 Å². The molecule has 1 N–H and O–H groups in total. The Balaban J connectivity index is 2.59. The molecule has 20 heavy (non-hydrogen) atoms. The molecule has 1 saturated heterocycles. The predicted molar refractivity (Wildman–Crippen MR) is 78.4 cm³/mol. The molecule has 0 radical (unpaired) electrons. The molecule has 0 aromatic heterocycles. The molecule has 0 amide bonds. The van der Waals surface area contributed by atoms with Crippen molar-refractivity contribution in [1.82, 2.24) is 4.31 Å². The zero-order valence-corrected chi connectivity index (χ0v) is 13.7. The molecule has 7 heteroatoms. The molecule has 0 spiro atoms. The molecule has 1 unspecified atom stereocenters. The lowest BCUT2D eigenvalue weighted by Crippen LogP contribution is -2.34. The van der Waals surface area contributed by atoms with Crippen LogP contribution in [0.15, 0.2) is 21.5 Å². The van der Waals surface area contributed by atoms with E-state index in [1.807, 2.05) is 6.92 Å². The van der Waals surface area contributed by atoms with Crippen LogP contribution in [0.2, 0.25) is 0 Å². The van der Waals surface area contributed by atoms with Crippen LogP contribution in [-0.2, 0) is 10.0 Å². The van der Waals surface area contributed by atoms with Crippen molar-refractivity contribution in [3.8, 4) is 0 Å². The highest BCUT2D eigenvalue weighted by molar-refractivity contribution is 9.10. The van der Waals surface area contributed by atoms with Gasteiger partial charge in [-0.25, -0.2) is 13.2 Å². The Kier molecular flexibility index (Phi) is 4.22. The van der Waals surface area contributed by atoms with Gasteiger partial charge in [-0.15, -0.1) is 0 Å². The Morgan fingerprint density at radius 3 is 2.60 bits per heavy atom. The summed E-state index contributed by atoms with van der Waals surface area (Å²) >= 11 is 3.24. The van der Waals surface area contributed by atoms with Crippen LogP contribution in [0.4, 0.5) is 0 Å². The maximum atomic E-state index is 12.7. The summed E-state index contributed by atoms with van der Waals surface area (Å²) in [6, 6.07) is 2.61. The summed E-state index contributed by atoms with van der Waals surface area (Å²) in [5.41, 5.74) is 0.502. The number of sulfonamides is 1. The summed E-state index contributed by atoms with van der Waals surface area (Å²) in [5.74, 6) is -1.14. The average Bonchev–Trinajstić information content (AvgIpc) is 2.79. The van der Waals surface area contributed by atoms with Crippen LogP contribution in [0.5, 0.6) is 0 Å². The monoisotopic (exact) mass is 361 g/mol. The van der Waals surface area contributed by atoms with E-state index in [-0.39, 0.29) is 16.5 Å². The number of aromatic carboxylic acids is 1. The molecular weight excluding hydrogens is 346 g/mol. The minimum atomic E-state index is -3.66. The first-order valence-electron chi connectivity index (χ1n) is 6.30. The Labute approximate surface area is 126 Å². The van der Waals surface area contributed by atoms with Crippen LogP contribution in [0.3, 0.4) is 0 Å². The van der Waals surface area contributed by atoms with Crippen LogP contribution in [-0.4, -0.2) is 36.4 Å². The van der Waals surface area contributed by atoms with Gasteiger partial charge < -0.3 is 5.11 Å². The van der Waals surface area contributed by atoms with E-state index in [0.717, 1.165) is 12.8 Å². The number of hydrogen-bond acceptors (Lipinski definition) is 3. The van der Waals surface area contributed by atoms with Gasteiger partial charge in [0, 0.05) is 17.1 Å². The fraction of sp³-hybridized carbons (Fsp3) is 0.462. The van der Waals surface area contributed by atoms with E-state index in [2.05, 4.69) is 15.9 Å². The van der Waals surface area contributed by atoms with Gasteiger partial charge >= 0.3 is 5.97 Å². The molecule has 110 valence electrons. The van der Waals surface area contributed by atoms with Crippen molar-refractivity contribution in [3.63, 3.8) is 0 Å². The van der Waals surface area contributed by atoms with Crippen LogP contribution < -0.4 is 0 Å². The highest BCUT2D eigenvalue weighted by atomic mass is 79.9. The second-order valence-electron chi connectivity index (χ2n) is 4.99. The molecule has 1 atom stereocenters. The maximum absolute atomic E-state index is 12.7. The molecule has 1 aromatic rings. The average molecular weight is 362 g/mol. The summed E-state index contributed by atoms with van der Waals surface area (Å²) in [4.78, 5) is 11.2. The Bertz CT molecular complexity index is 657. The Hall–Kier alpha value is -0.920. The van der Waals surface area contributed by atoms with Gasteiger partial charge in [-0.05, 0) is 44.4 Å². The Morgan fingerprint density at radius 1 is 1.45 bits per heavy atom. The largest absolute Gasteiger partial charge is 0.478 e. The van der Waals surface area contributed by atoms with E-state index in [1.165, 1.54) is 16.4 Å². The van der Waals surface area contributed by atoms with Crippen molar-refractivity contribution >= 4 is 31.9 Å². The van der Waals surface area contributed by atoms with Gasteiger partial charge in [-0.2, -0.15) is 4.31 Å². The molecule has 2 rings (SSSR count). The fourth-order valence-corrected chi connectivity index (χ4v) is 5.00. The lowest BCUT2D eigenvalue weighted by atomic mass is 10.1. The zero-order chi connectivity index (χ0) is 15.1. The summed E-state index contributed by atoms with van der Waals surface area (Å²) in [7, 11) is -3.66. The number of nitrogens with zero attached hydrogens (tertiary/aromatic N) is 1. The number of hydrogen-bond donors (Lipinski definition) is 1. The van der Waals surface area contributed by atoms with Crippen molar-refractivity contribution in [2.75, 3.05) is 6.54 Å². The van der Waals surface area contributed by atoms with E-state index in [0.29, 0.717) is 16.6 Å². The standard InChI is InChI=1S/C13H16BrNO4S/c1-8-4-3-5-15(8)20(18,19)12-7-10(13(16)17)6-11(14)9(12)2/h6-8H,3-5H2,1-2H3,(H,16,17). The number of rotatable bonds is 3. The minimum Gasteiger partial charge on any atom is -0.478 e. The molecule has 1 heterocycles. The minimum absolute atomic E-state index is 0.0344. The van der Waals surface area contributed by atoms with Gasteiger partial charge in [-0.1, -0.05) is 15.9 Å². The summed E-state index contributed by atoms with van der Waals surface area (Å²) in [6.45, 7) is 4.02. The molecule has 1 aromatic carbocycles. The first-order chi connectivity index (χ1) is 9.25. The van der Waals surface area contributed by atoms with E-state index >= 15 is 0 Å². The third kappa shape index (κ3) is 2.62. The SMILES string of the molecule is Cc1c(Br)cc(C(=O)O)cc1S(=O)(=O)N1CCCC1C. The van der Waals surface area contributed by atoms with Crippen LogP contribution in [0.1, 0.15) is 35.7 Å². The van der Waals surface area contributed by atoms with E-state index in [9.17, 15) is 13.2 Å². The Morgan fingerprint density at radius 2 is 2.10 bits per heavy atom. The smallest absolute Gasteiger partial charge is 0.335 e. The van der Waals surface area contributed by atoms with Gasteiger partial charge in [0.05, 0.1) is 10.5 Å². The quantitative estimate of drug-likeness (QED) is 0.897. The predicted octanol–water partition coefficient (Wildman–Crippen LogP) is 2.63. The first kappa shape index (κ1) is 15.5. The van der Waals surface area contributed by atoms with E-state index in [4.69, 9.17) is 5.11 Å². The lowest BCUT2D eigenvalue weighted by Gasteiger charge is -2.22. The van der Waals surface area contributed by atoms with Crippen molar-refractivity contribution in [2.24, 2.45) is 0 Å². The second-order valence-corrected chi connectivity index (χ2v) is 7.71. The van der Waals surface area contributed by atoms with Crippen LogP contribution in [0, 0.1) is 6.92 Å². The van der Waals surface area contributed by atoms with Gasteiger partial charge in [0.25, 0.3) is 0 Å². The lowest BCUT2D eigenvalue weighted by molar-refractivity contribution is 0.0696. The number of carbonyl (C=O) groups is 1. The fourth-order valence-electron chi connectivity index (χ4n) is 2.44. The molecule has 0 bridgehead atoms. The van der Waals surface area contributed by atoms with Crippen LogP contribution in [0.25, 0.3) is 0 Å². The van der Waals surface area contributed by atoms with Gasteiger partial charge in [-0.3, -0.25) is 0 Å². The number of carboxylic acids is 1. The number of benzene rings is 1. The second kappa shape index (κ2) is 5.46. The summed E-state index contributed by atoms with van der Waals surface area (Å²) < 4.78 is 27.4. The van der Waals surface area contributed by atoms with E-state index in [1.54, 1.807) is 6.92 Å². The zero-order valence-electron chi connectivity index (χ0n) is 11.3. The van der Waals surface area contributed by atoms with Crippen molar-refractivity contribution in [2.45, 2.75) is 37.6 Å². The molecule has 5 nitrogen and oxygen atoms in total. The first-order valence-corrected chi connectivity index (χ1v) is 8.53. The van der Waals surface area contributed by atoms with Crippen molar-refractivity contribution in [3.05, 3.63) is 27.7 Å². The van der Waals surface area contributed by atoms with Crippen LogP contribution >= 0.6 is 15.9 Å². The van der Waals surface area contributed by atoms with Gasteiger partial charge in [0.2, 0.25) is 10.0 Å². The molecule has 0 aliphatic carbocycles. The van der Waals surface area contributed by atoms with Gasteiger partial charge in [0.1, 0.15) is 0 Å². The topological polar surface area (TPSA) is 74.7 Å². The highest BCUT2D eigenvalue weighted by Crippen LogP contribution is 2.31. The highest BCUT2D eigenvalue weighted by Gasteiger charge is 2.34. The molecule has 0 saturated carbocycles. The number of halogens is 1. The molecular formula is C13H16BrNO4S. The third-order valence-electron chi connectivity index (χ3n) is 3.62. The third-order valence-corrected chi connectivity index (χ3v) is 6.59. The summed E-state index contributed by atoms with van der Waals surface area (Å²) in [6.07, 6.45) is 1.66. The van der Waals surface area contributed by atoms with Crippen molar-refractivity contribution < 1.29 is 18.3 Å². The molecule has 1 aliphatic heterocycles. The normalized spacial score (nSPS) is 20.2.